The number of amides is 1. The summed E-state index contributed by atoms with van der Waals surface area (Å²) in [4.78, 5) is 15.8. The van der Waals surface area contributed by atoms with Crippen LogP contribution in [0.4, 0.5) is 9.57 Å². The van der Waals surface area contributed by atoms with Gasteiger partial charge in [-0.1, -0.05) is 10.8 Å². The highest BCUT2D eigenvalue weighted by atomic mass is 32.3. The van der Waals surface area contributed by atoms with E-state index >= 15 is 0 Å². The first-order valence-corrected chi connectivity index (χ1v) is 8.04. The first-order valence-electron chi connectivity index (χ1n) is 6.73. The fourth-order valence-electron chi connectivity index (χ4n) is 2.41. The van der Waals surface area contributed by atoms with E-state index in [4.69, 9.17) is 0 Å². The monoisotopic (exact) mass is 316 g/mol. The second-order valence-electron chi connectivity index (χ2n) is 5.33. The van der Waals surface area contributed by atoms with Crippen molar-refractivity contribution in [1.29, 1.82) is 0 Å². The van der Waals surface area contributed by atoms with Gasteiger partial charge in [0.2, 0.25) is 5.91 Å². The summed E-state index contributed by atoms with van der Waals surface area (Å²) in [5.41, 5.74) is 0.278. The van der Waals surface area contributed by atoms with Gasteiger partial charge in [-0.15, -0.1) is 0 Å². The molecule has 0 radical (unpaired) electrons. The van der Waals surface area contributed by atoms with Gasteiger partial charge in [0.05, 0.1) is 18.1 Å². The maximum atomic E-state index is 12.4. The average molecular weight is 316 g/mol. The summed E-state index contributed by atoms with van der Waals surface area (Å²) in [6.07, 6.45) is 6.08. The average Bonchev–Trinajstić information content (AvgIpc) is 2.37. The van der Waals surface area contributed by atoms with Crippen molar-refractivity contribution >= 4 is 22.1 Å². The Morgan fingerprint density at radius 3 is 2.62 bits per heavy atom. The van der Waals surface area contributed by atoms with Crippen molar-refractivity contribution in [3.05, 3.63) is 18.5 Å². The molecule has 1 N–H and O–H groups in total. The van der Waals surface area contributed by atoms with Gasteiger partial charge in [-0.05, 0) is 31.6 Å². The van der Waals surface area contributed by atoms with E-state index < -0.39 is 10.5 Å². The molecule has 1 heterocycles. The summed E-state index contributed by atoms with van der Waals surface area (Å²) >= 11 is 0. The quantitative estimate of drug-likeness (QED) is 0.862. The summed E-state index contributed by atoms with van der Waals surface area (Å²) < 4.78 is 37.3. The third-order valence-electron chi connectivity index (χ3n) is 3.56. The van der Waals surface area contributed by atoms with Crippen molar-refractivity contribution in [3.8, 4) is 5.75 Å². The number of nitrogens with zero attached hydrogens (tertiary/aromatic N) is 1. The SMILES string of the molecule is CC1CCC(C(=O)Nc2cncc(OS(=O)(=O)F)c2)CC1. The molecule has 0 aromatic carbocycles. The van der Waals surface area contributed by atoms with Gasteiger partial charge in [-0.3, -0.25) is 9.78 Å². The van der Waals surface area contributed by atoms with Crippen molar-refractivity contribution in [2.45, 2.75) is 32.6 Å². The minimum atomic E-state index is -5.10. The molecule has 0 bridgehead atoms. The minimum Gasteiger partial charge on any atom is -0.357 e. The largest absolute Gasteiger partial charge is 0.488 e. The van der Waals surface area contributed by atoms with Crippen molar-refractivity contribution < 1.29 is 21.3 Å². The Morgan fingerprint density at radius 1 is 1.33 bits per heavy atom. The number of rotatable bonds is 4. The van der Waals surface area contributed by atoms with Crippen LogP contribution in [0.1, 0.15) is 32.6 Å². The van der Waals surface area contributed by atoms with Crippen LogP contribution in [0.2, 0.25) is 0 Å². The number of hydrogen-bond donors (Lipinski definition) is 1. The number of aromatic nitrogens is 1. The maximum Gasteiger partial charge on any atom is 0.488 e. The first-order chi connectivity index (χ1) is 9.83. The third-order valence-corrected chi connectivity index (χ3v) is 3.95. The van der Waals surface area contributed by atoms with Gasteiger partial charge < -0.3 is 9.50 Å². The molecule has 1 aromatic heterocycles. The Hall–Kier alpha value is -1.70. The normalized spacial score (nSPS) is 22.6. The number of halogens is 1. The second-order valence-corrected chi connectivity index (χ2v) is 6.28. The topological polar surface area (TPSA) is 85.4 Å². The van der Waals surface area contributed by atoms with Gasteiger partial charge in [0.1, 0.15) is 0 Å². The summed E-state index contributed by atoms with van der Waals surface area (Å²) in [5, 5.41) is 2.65. The van der Waals surface area contributed by atoms with Crippen molar-refractivity contribution in [1.82, 2.24) is 4.98 Å². The molecule has 2 rings (SSSR count). The van der Waals surface area contributed by atoms with Crippen LogP contribution in [0.25, 0.3) is 0 Å². The lowest BCUT2D eigenvalue weighted by Gasteiger charge is -2.25. The zero-order valence-electron chi connectivity index (χ0n) is 11.6. The molecule has 1 aliphatic rings. The molecule has 6 nitrogen and oxygen atoms in total. The van der Waals surface area contributed by atoms with E-state index in [0.717, 1.165) is 31.9 Å². The van der Waals surface area contributed by atoms with Gasteiger partial charge in [0.15, 0.2) is 5.75 Å². The van der Waals surface area contributed by atoms with Gasteiger partial charge in [0, 0.05) is 12.0 Å². The summed E-state index contributed by atoms with van der Waals surface area (Å²) in [7, 11) is -5.10. The predicted molar refractivity (Wildman–Crippen MR) is 74.6 cm³/mol. The number of carbonyl (C=O) groups is 1. The Bertz CT molecular complexity index is 612. The first kappa shape index (κ1) is 15.7. The lowest BCUT2D eigenvalue weighted by Crippen LogP contribution is -2.26. The molecule has 116 valence electrons. The smallest absolute Gasteiger partial charge is 0.357 e. The molecule has 1 fully saturated rings. The van der Waals surface area contributed by atoms with E-state index in [1.807, 2.05) is 0 Å². The van der Waals surface area contributed by atoms with Crippen LogP contribution in [-0.4, -0.2) is 19.3 Å². The Balaban J connectivity index is 1.99. The highest BCUT2D eigenvalue weighted by Crippen LogP contribution is 2.29. The van der Waals surface area contributed by atoms with Gasteiger partial charge >= 0.3 is 10.5 Å². The van der Waals surface area contributed by atoms with E-state index in [9.17, 15) is 17.1 Å². The maximum absolute atomic E-state index is 12.4. The second kappa shape index (κ2) is 6.38. The Labute approximate surface area is 123 Å². The molecular formula is C13H17FN2O4S. The summed E-state index contributed by atoms with van der Waals surface area (Å²) in [6.45, 7) is 2.16. The third kappa shape index (κ3) is 4.96. The number of carbonyl (C=O) groups excluding carboxylic acids is 1. The number of hydrogen-bond acceptors (Lipinski definition) is 5. The Kier molecular flexibility index (Phi) is 4.76. The standard InChI is InChI=1S/C13H17FN2O4S/c1-9-2-4-10(5-3-9)13(17)16-11-6-12(8-15-7-11)20-21(14,18)19/h6-10H,2-5H2,1H3,(H,16,17). The van der Waals surface area contributed by atoms with Crippen LogP contribution < -0.4 is 9.50 Å². The van der Waals surface area contributed by atoms with E-state index in [2.05, 4.69) is 21.4 Å². The molecule has 1 saturated carbocycles. The number of pyridine rings is 1. The van der Waals surface area contributed by atoms with Gasteiger partial charge in [0.25, 0.3) is 0 Å². The lowest BCUT2D eigenvalue weighted by atomic mass is 9.82. The van der Waals surface area contributed by atoms with E-state index in [1.54, 1.807) is 0 Å². The molecule has 1 amide bonds. The molecule has 0 saturated heterocycles. The van der Waals surface area contributed by atoms with Crippen LogP contribution in [0.15, 0.2) is 18.5 Å². The minimum absolute atomic E-state index is 0.0596. The lowest BCUT2D eigenvalue weighted by molar-refractivity contribution is -0.121. The molecule has 0 spiro atoms. The summed E-state index contributed by atoms with van der Waals surface area (Å²) in [5.74, 6) is 0.161. The number of nitrogens with one attached hydrogen (secondary N) is 1. The van der Waals surface area contributed by atoms with Crippen LogP contribution >= 0.6 is 0 Å². The van der Waals surface area contributed by atoms with Crippen LogP contribution in [0.5, 0.6) is 5.75 Å². The fraction of sp³-hybridized carbons (Fsp3) is 0.538. The number of anilines is 1. The molecular weight excluding hydrogens is 299 g/mol. The fourth-order valence-corrected chi connectivity index (χ4v) is 2.74. The van der Waals surface area contributed by atoms with E-state index in [1.165, 1.54) is 12.3 Å². The summed E-state index contributed by atoms with van der Waals surface area (Å²) in [6, 6.07) is 1.22. The van der Waals surface area contributed by atoms with Gasteiger partial charge in [-0.2, -0.15) is 8.42 Å². The highest BCUT2D eigenvalue weighted by Gasteiger charge is 2.24. The highest BCUT2D eigenvalue weighted by molar-refractivity contribution is 7.81. The van der Waals surface area contributed by atoms with Crippen LogP contribution in [0, 0.1) is 11.8 Å². The van der Waals surface area contributed by atoms with Crippen LogP contribution in [0.3, 0.4) is 0 Å². The molecule has 0 atom stereocenters. The molecule has 1 aromatic rings. The molecule has 0 aliphatic heterocycles. The Morgan fingerprint density at radius 2 is 2.00 bits per heavy atom. The molecule has 0 unspecified atom stereocenters. The van der Waals surface area contributed by atoms with Crippen LogP contribution in [-0.2, 0) is 15.3 Å². The van der Waals surface area contributed by atoms with E-state index in [-0.39, 0.29) is 23.3 Å². The predicted octanol–water partition coefficient (Wildman–Crippen LogP) is 2.44. The van der Waals surface area contributed by atoms with Crippen molar-refractivity contribution in [3.63, 3.8) is 0 Å². The van der Waals surface area contributed by atoms with Gasteiger partial charge in [-0.25, -0.2) is 0 Å². The zero-order valence-corrected chi connectivity index (χ0v) is 12.4. The van der Waals surface area contributed by atoms with E-state index in [0.29, 0.717) is 5.92 Å². The molecule has 1 aliphatic carbocycles. The van der Waals surface area contributed by atoms with Crippen molar-refractivity contribution in [2.75, 3.05) is 5.32 Å². The zero-order chi connectivity index (χ0) is 15.5. The molecule has 21 heavy (non-hydrogen) atoms. The molecule has 8 heteroatoms. The van der Waals surface area contributed by atoms with Crippen molar-refractivity contribution in [2.24, 2.45) is 11.8 Å².